The van der Waals surface area contributed by atoms with Gasteiger partial charge in [0.25, 0.3) is 5.91 Å². The fraction of sp³-hybridized carbons (Fsp3) is 0.478. The Morgan fingerprint density at radius 1 is 1.03 bits per heavy atom. The summed E-state index contributed by atoms with van der Waals surface area (Å²) in [5.74, 6) is 0.590. The van der Waals surface area contributed by atoms with E-state index >= 15 is 0 Å². The maximum atomic E-state index is 12.7. The molecule has 4 rings (SSSR count). The maximum absolute atomic E-state index is 12.7. The Morgan fingerprint density at radius 2 is 1.81 bits per heavy atom. The summed E-state index contributed by atoms with van der Waals surface area (Å²) >= 11 is 5.89. The van der Waals surface area contributed by atoms with Crippen LogP contribution in [0.1, 0.15) is 35.6 Å². The quantitative estimate of drug-likeness (QED) is 0.688. The summed E-state index contributed by atoms with van der Waals surface area (Å²) < 4.78 is 5.29. The molecule has 2 saturated heterocycles. The Morgan fingerprint density at radius 3 is 2.48 bits per heavy atom. The Hall–Kier alpha value is -2.69. The number of benzene rings is 1. The topological polar surface area (TPSA) is 75.8 Å². The number of furan rings is 1. The molecule has 1 aromatic carbocycles. The number of nitriles is 1. The van der Waals surface area contributed by atoms with Crippen molar-refractivity contribution in [2.24, 2.45) is 0 Å². The molecule has 3 heterocycles. The van der Waals surface area contributed by atoms with E-state index < -0.39 is 0 Å². The molecule has 0 spiro atoms. The van der Waals surface area contributed by atoms with Crippen LogP contribution in [0.3, 0.4) is 0 Å². The molecule has 31 heavy (non-hydrogen) atoms. The number of amides is 1. The van der Waals surface area contributed by atoms with Gasteiger partial charge < -0.3 is 19.5 Å². The lowest BCUT2D eigenvalue weighted by molar-refractivity contribution is 0.0996. The highest BCUT2D eigenvalue weighted by atomic mass is 35.5. The Kier molecular flexibility index (Phi) is 7.00. The highest BCUT2D eigenvalue weighted by molar-refractivity contribution is 6.18. The number of hydrogen-bond acceptors (Lipinski definition) is 6. The van der Waals surface area contributed by atoms with Gasteiger partial charge in [0.1, 0.15) is 6.07 Å². The van der Waals surface area contributed by atoms with Crippen LogP contribution in [0.25, 0.3) is 0 Å². The zero-order valence-electron chi connectivity index (χ0n) is 17.6. The molecule has 0 unspecified atom stereocenters. The van der Waals surface area contributed by atoms with Crippen molar-refractivity contribution in [3.05, 3.63) is 41.9 Å². The second-order valence-corrected chi connectivity index (χ2v) is 8.37. The number of nitrogens with one attached hydrogen (secondary N) is 1. The molecule has 2 fully saturated rings. The van der Waals surface area contributed by atoms with Gasteiger partial charge in [-0.05, 0) is 49.6 Å². The molecule has 1 N–H and O–H groups in total. The van der Waals surface area contributed by atoms with E-state index in [0.717, 1.165) is 70.0 Å². The standard InChI is InChI=1S/C23H28ClN5O2/c24-8-11-27-12-14-28(15-13-27)18-4-6-20(21(16-18)29-9-2-1-3-10-29)26-23(30)22-7-5-19(17-25)31-22/h4-7,16H,1-3,8-15H2,(H,26,30). The van der Waals surface area contributed by atoms with Crippen LogP contribution in [0.15, 0.2) is 34.7 Å². The summed E-state index contributed by atoms with van der Waals surface area (Å²) in [6, 6.07) is 11.2. The van der Waals surface area contributed by atoms with Crippen LogP contribution < -0.4 is 15.1 Å². The van der Waals surface area contributed by atoms with E-state index in [-0.39, 0.29) is 17.4 Å². The second-order valence-electron chi connectivity index (χ2n) is 8.00. The molecule has 7 nitrogen and oxygen atoms in total. The molecular formula is C23H28ClN5O2. The summed E-state index contributed by atoms with van der Waals surface area (Å²) in [5.41, 5.74) is 2.99. The lowest BCUT2D eigenvalue weighted by Gasteiger charge is -2.37. The van der Waals surface area contributed by atoms with Crippen LogP contribution in [0.2, 0.25) is 0 Å². The van der Waals surface area contributed by atoms with Gasteiger partial charge in [-0.15, -0.1) is 11.6 Å². The van der Waals surface area contributed by atoms with E-state index in [9.17, 15) is 4.79 Å². The van der Waals surface area contributed by atoms with Crippen LogP contribution in [-0.2, 0) is 0 Å². The summed E-state index contributed by atoms with van der Waals surface area (Å²) in [7, 11) is 0. The molecule has 2 aromatic rings. The van der Waals surface area contributed by atoms with Gasteiger partial charge in [0.2, 0.25) is 5.76 Å². The minimum absolute atomic E-state index is 0.130. The third-order valence-electron chi connectivity index (χ3n) is 6.00. The minimum atomic E-state index is -0.345. The smallest absolute Gasteiger partial charge is 0.291 e. The zero-order valence-corrected chi connectivity index (χ0v) is 18.4. The molecule has 8 heteroatoms. The van der Waals surface area contributed by atoms with E-state index in [4.69, 9.17) is 21.3 Å². The van der Waals surface area contributed by atoms with Crippen LogP contribution in [0, 0.1) is 11.3 Å². The van der Waals surface area contributed by atoms with Gasteiger partial charge in [-0.3, -0.25) is 9.69 Å². The van der Waals surface area contributed by atoms with E-state index in [0.29, 0.717) is 5.88 Å². The van der Waals surface area contributed by atoms with Crippen molar-refractivity contribution in [2.75, 3.05) is 66.8 Å². The number of carbonyl (C=O) groups is 1. The number of piperazine rings is 1. The maximum Gasteiger partial charge on any atom is 0.291 e. The third kappa shape index (κ3) is 5.15. The van der Waals surface area contributed by atoms with Crippen molar-refractivity contribution in [1.29, 1.82) is 5.26 Å². The molecule has 164 valence electrons. The third-order valence-corrected chi connectivity index (χ3v) is 6.17. The van der Waals surface area contributed by atoms with E-state index in [1.807, 2.05) is 12.1 Å². The molecule has 1 aromatic heterocycles. The van der Waals surface area contributed by atoms with E-state index in [1.165, 1.54) is 24.2 Å². The molecule has 2 aliphatic heterocycles. The average Bonchev–Trinajstić information content (AvgIpc) is 3.30. The van der Waals surface area contributed by atoms with Crippen LogP contribution in [0.5, 0.6) is 0 Å². The second kappa shape index (κ2) is 10.1. The first-order valence-corrected chi connectivity index (χ1v) is 11.4. The molecule has 0 atom stereocenters. The highest BCUT2D eigenvalue weighted by Gasteiger charge is 2.22. The molecule has 0 bridgehead atoms. The molecule has 0 radical (unpaired) electrons. The van der Waals surface area contributed by atoms with Gasteiger partial charge in [0.15, 0.2) is 5.76 Å². The molecule has 1 amide bonds. The number of halogens is 1. The van der Waals surface area contributed by atoms with E-state index in [2.05, 4.69) is 32.1 Å². The predicted octanol–water partition coefficient (Wildman–Crippen LogP) is 3.75. The van der Waals surface area contributed by atoms with E-state index in [1.54, 1.807) is 0 Å². The SMILES string of the molecule is N#Cc1ccc(C(=O)Nc2ccc(N3CCN(CCCl)CC3)cc2N2CCCCC2)o1. The highest BCUT2D eigenvalue weighted by Crippen LogP contribution is 2.33. The van der Waals surface area contributed by atoms with Crippen molar-refractivity contribution in [2.45, 2.75) is 19.3 Å². The number of carbonyl (C=O) groups excluding carboxylic acids is 1. The zero-order chi connectivity index (χ0) is 21.6. The monoisotopic (exact) mass is 441 g/mol. The Bertz CT molecular complexity index is 940. The predicted molar refractivity (Wildman–Crippen MR) is 123 cm³/mol. The van der Waals surface area contributed by atoms with Gasteiger partial charge in [0.05, 0.1) is 11.4 Å². The van der Waals surface area contributed by atoms with Crippen LogP contribution in [-0.4, -0.2) is 62.5 Å². The number of anilines is 3. The first-order chi connectivity index (χ1) is 15.2. The number of rotatable bonds is 6. The number of hydrogen-bond donors (Lipinski definition) is 1. The molecule has 2 aliphatic rings. The van der Waals surface area contributed by atoms with Crippen molar-refractivity contribution < 1.29 is 9.21 Å². The fourth-order valence-electron chi connectivity index (χ4n) is 4.27. The largest absolute Gasteiger partial charge is 0.440 e. The molecular weight excluding hydrogens is 414 g/mol. The number of alkyl halides is 1. The summed E-state index contributed by atoms with van der Waals surface area (Å²) in [6.07, 6.45) is 3.54. The normalized spacial score (nSPS) is 17.4. The van der Waals surface area contributed by atoms with Crippen LogP contribution >= 0.6 is 11.6 Å². The molecule has 0 saturated carbocycles. The van der Waals surface area contributed by atoms with Crippen molar-refractivity contribution in [3.63, 3.8) is 0 Å². The lowest BCUT2D eigenvalue weighted by Crippen LogP contribution is -2.47. The average molecular weight is 442 g/mol. The first kappa shape index (κ1) is 21.5. The molecule has 0 aliphatic carbocycles. The summed E-state index contributed by atoms with van der Waals surface area (Å²) in [6.45, 7) is 6.83. The van der Waals surface area contributed by atoms with Crippen LogP contribution in [0.4, 0.5) is 17.1 Å². The van der Waals surface area contributed by atoms with Gasteiger partial charge in [-0.2, -0.15) is 5.26 Å². The van der Waals surface area contributed by atoms with Gasteiger partial charge >= 0.3 is 0 Å². The fourth-order valence-corrected chi connectivity index (χ4v) is 4.51. The van der Waals surface area contributed by atoms with Crippen molar-refractivity contribution in [1.82, 2.24) is 4.90 Å². The lowest BCUT2D eigenvalue weighted by atomic mass is 10.1. The van der Waals surface area contributed by atoms with Crippen molar-refractivity contribution in [3.8, 4) is 6.07 Å². The summed E-state index contributed by atoms with van der Waals surface area (Å²) in [4.78, 5) is 19.8. The van der Waals surface area contributed by atoms with Gasteiger partial charge in [-0.25, -0.2) is 0 Å². The minimum Gasteiger partial charge on any atom is -0.440 e. The van der Waals surface area contributed by atoms with Gasteiger partial charge in [0, 0.05) is 57.4 Å². The number of piperidine rings is 1. The summed E-state index contributed by atoms with van der Waals surface area (Å²) in [5, 5.41) is 11.9. The number of nitrogens with zero attached hydrogens (tertiary/aromatic N) is 4. The Labute approximate surface area is 188 Å². The van der Waals surface area contributed by atoms with Gasteiger partial charge in [-0.1, -0.05) is 0 Å². The Balaban J connectivity index is 1.55. The first-order valence-electron chi connectivity index (χ1n) is 10.9. The van der Waals surface area contributed by atoms with Crippen molar-refractivity contribution >= 4 is 34.6 Å².